The lowest BCUT2D eigenvalue weighted by atomic mass is 10.1. The molecule has 3 rings (SSSR count). The quantitative estimate of drug-likeness (QED) is 0.716. The molecule has 1 aromatic rings. The molecule has 0 aromatic heterocycles. The Labute approximate surface area is 181 Å². The summed E-state index contributed by atoms with van der Waals surface area (Å²) in [6, 6.07) is 4.26. The normalized spacial score (nSPS) is 19.8. The first-order valence-corrected chi connectivity index (χ1v) is 10.5. The van der Waals surface area contributed by atoms with Crippen LogP contribution < -0.4 is 0 Å². The van der Waals surface area contributed by atoms with Crippen molar-refractivity contribution in [3.63, 3.8) is 0 Å². The van der Waals surface area contributed by atoms with E-state index in [0.717, 1.165) is 6.42 Å². The van der Waals surface area contributed by atoms with Crippen LogP contribution in [-0.4, -0.2) is 96.7 Å². The van der Waals surface area contributed by atoms with Crippen molar-refractivity contribution in [1.82, 2.24) is 19.6 Å². The van der Waals surface area contributed by atoms with Gasteiger partial charge in [0.2, 0.25) is 11.8 Å². The Balaban J connectivity index is 1.64. The molecule has 1 aromatic carbocycles. The molecule has 7 nitrogen and oxygen atoms in total. The molecule has 3 amide bonds. The van der Waals surface area contributed by atoms with Crippen molar-refractivity contribution < 1.29 is 14.4 Å². The van der Waals surface area contributed by atoms with E-state index in [1.54, 1.807) is 32.9 Å². The van der Waals surface area contributed by atoms with Gasteiger partial charge in [0.05, 0.1) is 17.1 Å². The third-order valence-corrected chi connectivity index (χ3v) is 5.92. The number of nitrogens with zero attached hydrogens (tertiary/aromatic N) is 4. The van der Waals surface area contributed by atoms with Gasteiger partial charge < -0.3 is 19.6 Å². The van der Waals surface area contributed by atoms with Gasteiger partial charge in [-0.25, -0.2) is 0 Å². The summed E-state index contributed by atoms with van der Waals surface area (Å²) in [6.07, 6.45) is 1.39. The van der Waals surface area contributed by atoms with Crippen LogP contribution in [0, 0.1) is 0 Å². The van der Waals surface area contributed by atoms with Crippen LogP contribution in [0.2, 0.25) is 10.0 Å². The zero-order valence-corrected chi connectivity index (χ0v) is 18.2. The highest BCUT2D eigenvalue weighted by atomic mass is 35.5. The Morgan fingerprint density at radius 2 is 1.69 bits per heavy atom. The molecule has 0 saturated carbocycles. The molecule has 0 aliphatic carbocycles. The number of likely N-dealkylation sites (tertiary alicyclic amines) is 1. The number of hydrogen-bond donors (Lipinski definition) is 0. The Hall–Kier alpha value is -1.83. The smallest absolute Gasteiger partial charge is 0.256 e. The fourth-order valence-electron chi connectivity index (χ4n) is 3.84. The van der Waals surface area contributed by atoms with Gasteiger partial charge in [0, 0.05) is 37.7 Å². The first-order valence-electron chi connectivity index (χ1n) is 9.75. The molecule has 1 atom stereocenters. The number of halogens is 2. The molecule has 0 N–H and O–H groups in total. The summed E-state index contributed by atoms with van der Waals surface area (Å²) < 4.78 is 0. The number of hydrogen-bond acceptors (Lipinski definition) is 4. The van der Waals surface area contributed by atoms with E-state index in [0.29, 0.717) is 61.3 Å². The Morgan fingerprint density at radius 1 is 1.03 bits per heavy atom. The van der Waals surface area contributed by atoms with Gasteiger partial charge in [-0.05, 0) is 45.1 Å². The Kier molecular flexibility index (Phi) is 7.03. The van der Waals surface area contributed by atoms with Crippen LogP contribution in [0.4, 0.5) is 0 Å². The second-order valence-electron chi connectivity index (χ2n) is 7.72. The predicted octanol–water partition coefficient (Wildman–Crippen LogP) is 1.83. The molecule has 1 unspecified atom stereocenters. The lowest BCUT2D eigenvalue weighted by Gasteiger charge is -2.37. The highest BCUT2D eigenvalue weighted by Gasteiger charge is 2.38. The fraction of sp³-hybridized carbons (Fsp3) is 0.550. The number of carbonyl (C=O) groups is 3. The topological polar surface area (TPSA) is 64.2 Å². The van der Waals surface area contributed by atoms with Crippen molar-refractivity contribution in [2.75, 3.05) is 53.4 Å². The highest BCUT2D eigenvalue weighted by molar-refractivity contribution is 6.35. The van der Waals surface area contributed by atoms with Gasteiger partial charge in [-0.2, -0.15) is 0 Å². The molecule has 9 heteroatoms. The van der Waals surface area contributed by atoms with Gasteiger partial charge in [0.15, 0.2) is 0 Å². The minimum atomic E-state index is -0.499. The van der Waals surface area contributed by atoms with Crippen molar-refractivity contribution in [3.05, 3.63) is 33.8 Å². The molecule has 0 bridgehead atoms. The van der Waals surface area contributed by atoms with Crippen molar-refractivity contribution in [1.29, 1.82) is 0 Å². The van der Waals surface area contributed by atoms with Crippen molar-refractivity contribution in [2.45, 2.75) is 18.9 Å². The standard InChI is InChI=1S/C20H26Cl2N4O3/c1-23(2)13-18(27)24-8-10-25(11-9-24)20(29)17-4-3-7-26(17)19(28)15-12-14(21)5-6-16(15)22/h5-6,12,17H,3-4,7-11,13H2,1-2H3. The summed E-state index contributed by atoms with van der Waals surface area (Å²) in [7, 11) is 3.71. The monoisotopic (exact) mass is 440 g/mol. The minimum absolute atomic E-state index is 0.0614. The van der Waals surface area contributed by atoms with Crippen molar-refractivity contribution in [3.8, 4) is 0 Å². The maximum atomic E-state index is 13.1. The summed E-state index contributed by atoms with van der Waals surface area (Å²) in [5.41, 5.74) is 0.318. The van der Waals surface area contributed by atoms with Crippen LogP contribution in [-0.2, 0) is 9.59 Å². The van der Waals surface area contributed by atoms with Crippen LogP contribution in [0.25, 0.3) is 0 Å². The fourth-order valence-corrected chi connectivity index (χ4v) is 4.21. The van der Waals surface area contributed by atoms with Gasteiger partial charge in [-0.3, -0.25) is 14.4 Å². The average molecular weight is 441 g/mol. The van der Waals surface area contributed by atoms with Crippen LogP contribution in [0.15, 0.2) is 18.2 Å². The third kappa shape index (κ3) is 5.02. The molecule has 158 valence electrons. The lowest BCUT2D eigenvalue weighted by Crippen LogP contribution is -2.56. The number of likely N-dealkylation sites (N-methyl/N-ethyl adjacent to an activating group) is 1. The van der Waals surface area contributed by atoms with E-state index in [4.69, 9.17) is 23.2 Å². The van der Waals surface area contributed by atoms with E-state index < -0.39 is 6.04 Å². The minimum Gasteiger partial charge on any atom is -0.338 e. The molecule has 2 aliphatic rings. The largest absolute Gasteiger partial charge is 0.338 e. The average Bonchev–Trinajstić information content (AvgIpc) is 3.18. The lowest BCUT2D eigenvalue weighted by molar-refractivity contribution is -0.142. The zero-order valence-electron chi connectivity index (χ0n) is 16.7. The Bertz CT molecular complexity index is 794. The maximum Gasteiger partial charge on any atom is 0.256 e. The van der Waals surface area contributed by atoms with Gasteiger partial charge >= 0.3 is 0 Å². The van der Waals surface area contributed by atoms with Crippen LogP contribution in [0.1, 0.15) is 23.2 Å². The molecular formula is C20H26Cl2N4O3. The van der Waals surface area contributed by atoms with Gasteiger partial charge in [-0.1, -0.05) is 23.2 Å². The molecule has 29 heavy (non-hydrogen) atoms. The number of amides is 3. The predicted molar refractivity (Wildman–Crippen MR) is 112 cm³/mol. The van der Waals surface area contributed by atoms with E-state index in [1.165, 1.54) is 0 Å². The second kappa shape index (κ2) is 9.32. The van der Waals surface area contributed by atoms with Crippen LogP contribution in [0.5, 0.6) is 0 Å². The molecule has 2 saturated heterocycles. The number of rotatable bonds is 4. The Morgan fingerprint density at radius 3 is 2.34 bits per heavy atom. The molecule has 0 spiro atoms. The number of piperazine rings is 1. The van der Waals surface area contributed by atoms with E-state index in [1.807, 2.05) is 19.0 Å². The molecule has 0 radical (unpaired) electrons. The SMILES string of the molecule is CN(C)CC(=O)N1CCN(C(=O)C2CCCN2C(=O)c2cc(Cl)ccc2Cl)CC1. The van der Waals surface area contributed by atoms with E-state index in [2.05, 4.69) is 0 Å². The highest BCUT2D eigenvalue weighted by Crippen LogP contribution is 2.27. The molecule has 2 fully saturated rings. The molecule has 2 aliphatic heterocycles. The van der Waals surface area contributed by atoms with Crippen LogP contribution in [0.3, 0.4) is 0 Å². The van der Waals surface area contributed by atoms with Gasteiger partial charge in [-0.15, -0.1) is 0 Å². The summed E-state index contributed by atoms with van der Waals surface area (Å²) in [5.74, 6) is -0.266. The number of carbonyl (C=O) groups excluding carboxylic acids is 3. The summed E-state index contributed by atoms with van der Waals surface area (Å²) in [6.45, 7) is 2.86. The summed E-state index contributed by atoms with van der Waals surface area (Å²) in [5, 5.41) is 0.754. The van der Waals surface area contributed by atoms with Gasteiger partial charge in [0.1, 0.15) is 6.04 Å². The molecular weight excluding hydrogens is 415 g/mol. The van der Waals surface area contributed by atoms with Crippen LogP contribution >= 0.6 is 23.2 Å². The molecule has 2 heterocycles. The maximum absolute atomic E-state index is 13.1. The summed E-state index contributed by atoms with van der Waals surface area (Å²) in [4.78, 5) is 45.3. The second-order valence-corrected chi connectivity index (χ2v) is 8.57. The third-order valence-electron chi connectivity index (χ3n) is 5.35. The first-order chi connectivity index (χ1) is 13.8. The first kappa shape index (κ1) is 21.9. The van der Waals surface area contributed by atoms with Gasteiger partial charge in [0.25, 0.3) is 5.91 Å². The summed E-state index contributed by atoms with van der Waals surface area (Å²) >= 11 is 12.2. The van der Waals surface area contributed by atoms with E-state index >= 15 is 0 Å². The van der Waals surface area contributed by atoms with Crippen molar-refractivity contribution >= 4 is 40.9 Å². The van der Waals surface area contributed by atoms with E-state index in [-0.39, 0.29) is 17.7 Å². The zero-order chi connectivity index (χ0) is 21.1. The number of benzene rings is 1. The van der Waals surface area contributed by atoms with Crippen molar-refractivity contribution in [2.24, 2.45) is 0 Å². The van der Waals surface area contributed by atoms with E-state index in [9.17, 15) is 14.4 Å².